The first kappa shape index (κ1) is 23.0. The first-order chi connectivity index (χ1) is 11.9. The number of carbonyl (C=O) groups is 1. The summed E-state index contributed by atoms with van der Waals surface area (Å²) in [7, 11) is -3.68. The molecule has 0 aromatic heterocycles. The summed E-state index contributed by atoms with van der Waals surface area (Å²) in [6, 6.07) is 6.20. The molecule has 0 spiro atoms. The van der Waals surface area contributed by atoms with Crippen LogP contribution in [0.3, 0.4) is 0 Å². The summed E-state index contributed by atoms with van der Waals surface area (Å²) in [4.78, 5) is 12.0. The number of carbonyl (C=O) groups excluding carboxylic acids is 1. The third-order valence-corrected chi connectivity index (χ3v) is 5.86. The van der Waals surface area contributed by atoms with Gasteiger partial charge in [0.25, 0.3) is 0 Å². The van der Waals surface area contributed by atoms with Crippen LogP contribution in [0.5, 0.6) is 5.75 Å². The summed E-state index contributed by atoms with van der Waals surface area (Å²) < 4.78 is 27.9. The van der Waals surface area contributed by atoms with Gasteiger partial charge in [-0.3, -0.25) is 4.79 Å². The molecule has 7 nitrogen and oxygen atoms in total. The second kappa shape index (κ2) is 11.0. The van der Waals surface area contributed by atoms with E-state index >= 15 is 0 Å². The average molecular weight is 424 g/mol. The predicted octanol–water partition coefficient (Wildman–Crippen LogP) is 0.982. The zero-order chi connectivity index (χ0) is 18.3. The van der Waals surface area contributed by atoms with E-state index in [4.69, 9.17) is 9.88 Å². The number of hydrogen-bond acceptors (Lipinski definition) is 6. The van der Waals surface area contributed by atoms with Crippen molar-refractivity contribution in [2.24, 2.45) is 11.1 Å². The Morgan fingerprint density at radius 2 is 2.08 bits per heavy atom. The highest BCUT2D eigenvalue weighted by Gasteiger charge is 2.22. The van der Waals surface area contributed by atoms with Gasteiger partial charge in [0.1, 0.15) is 5.75 Å². The molecule has 2 unspecified atom stereocenters. The molecule has 1 aromatic rings. The van der Waals surface area contributed by atoms with Crippen LogP contribution in [0, 0.1) is 5.92 Å². The average Bonchev–Trinajstić information content (AvgIpc) is 2.56. The van der Waals surface area contributed by atoms with Crippen LogP contribution in [0.4, 0.5) is 0 Å². The lowest BCUT2D eigenvalue weighted by atomic mass is 9.95. The third kappa shape index (κ3) is 7.71. The molecule has 1 amide bonds. The van der Waals surface area contributed by atoms with Gasteiger partial charge in [0.05, 0.1) is 17.3 Å². The highest BCUT2D eigenvalue weighted by Crippen LogP contribution is 2.15. The fourth-order valence-corrected chi connectivity index (χ4v) is 3.72. The molecule has 148 valence electrons. The maximum atomic E-state index is 12.0. The van der Waals surface area contributed by atoms with Crippen LogP contribution in [-0.2, 0) is 14.8 Å². The van der Waals surface area contributed by atoms with E-state index in [1.165, 1.54) is 23.9 Å². The molecular weight excluding hydrogens is 398 g/mol. The van der Waals surface area contributed by atoms with E-state index < -0.39 is 10.0 Å². The molecule has 4 N–H and O–H groups in total. The standard InChI is InChI=1S/C16H25N3O4S2.ClH/c1-12-10-18-7-6-15(12)19-16(20)11-24-9-8-23-13-2-4-14(5-3-13)25(17,21)22;/h2-5,12,15,18H,6-11H2,1H3,(H,19,20)(H2,17,21,22);1H. The quantitative estimate of drug-likeness (QED) is 0.537. The van der Waals surface area contributed by atoms with Gasteiger partial charge in [0.15, 0.2) is 0 Å². The van der Waals surface area contributed by atoms with Crippen LogP contribution in [0.15, 0.2) is 29.2 Å². The number of benzene rings is 1. The van der Waals surface area contributed by atoms with Crippen LogP contribution in [0.2, 0.25) is 0 Å². The highest BCUT2D eigenvalue weighted by atomic mass is 35.5. The van der Waals surface area contributed by atoms with Gasteiger partial charge >= 0.3 is 0 Å². The summed E-state index contributed by atoms with van der Waals surface area (Å²) >= 11 is 1.51. The monoisotopic (exact) mass is 423 g/mol. The van der Waals surface area contributed by atoms with Crippen molar-refractivity contribution in [2.75, 3.05) is 31.2 Å². The van der Waals surface area contributed by atoms with Crippen molar-refractivity contribution in [2.45, 2.75) is 24.3 Å². The van der Waals surface area contributed by atoms with Crippen molar-refractivity contribution in [1.29, 1.82) is 0 Å². The van der Waals surface area contributed by atoms with Gasteiger partial charge < -0.3 is 15.4 Å². The lowest BCUT2D eigenvalue weighted by Gasteiger charge is -2.30. The van der Waals surface area contributed by atoms with Crippen molar-refractivity contribution in [3.8, 4) is 5.75 Å². The smallest absolute Gasteiger partial charge is 0.238 e. The Labute approximate surface area is 165 Å². The van der Waals surface area contributed by atoms with Crippen LogP contribution in [-0.4, -0.2) is 51.6 Å². The number of amides is 1. The highest BCUT2D eigenvalue weighted by molar-refractivity contribution is 7.99. The molecule has 2 rings (SSSR count). The van der Waals surface area contributed by atoms with E-state index in [9.17, 15) is 13.2 Å². The minimum Gasteiger partial charge on any atom is -0.493 e. The van der Waals surface area contributed by atoms with Crippen molar-refractivity contribution < 1.29 is 17.9 Å². The maximum Gasteiger partial charge on any atom is 0.238 e. The molecule has 1 fully saturated rings. The molecule has 1 heterocycles. The van der Waals surface area contributed by atoms with Gasteiger partial charge in [0.2, 0.25) is 15.9 Å². The Morgan fingerprint density at radius 3 is 2.69 bits per heavy atom. The number of hydrogen-bond donors (Lipinski definition) is 3. The number of primary sulfonamides is 1. The number of nitrogens with one attached hydrogen (secondary N) is 2. The molecule has 2 atom stereocenters. The molecule has 1 aromatic carbocycles. The molecule has 1 saturated heterocycles. The second-order valence-electron chi connectivity index (χ2n) is 6.06. The Balaban J connectivity index is 0.00000338. The zero-order valence-electron chi connectivity index (χ0n) is 14.6. The van der Waals surface area contributed by atoms with Crippen molar-refractivity contribution in [1.82, 2.24) is 10.6 Å². The molecule has 26 heavy (non-hydrogen) atoms. The second-order valence-corrected chi connectivity index (χ2v) is 8.73. The van der Waals surface area contributed by atoms with Gasteiger partial charge in [-0.1, -0.05) is 6.92 Å². The third-order valence-electron chi connectivity index (χ3n) is 4.01. The van der Waals surface area contributed by atoms with Gasteiger partial charge in [-0.15, -0.1) is 24.2 Å². The van der Waals surface area contributed by atoms with Gasteiger partial charge in [0, 0.05) is 11.8 Å². The topological polar surface area (TPSA) is 111 Å². The number of thioether (sulfide) groups is 1. The fourth-order valence-electron chi connectivity index (χ4n) is 2.59. The van der Waals surface area contributed by atoms with E-state index in [-0.39, 0.29) is 29.3 Å². The van der Waals surface area contributed by atoms with Crippen LogP contribution < -0.4 is 20.5 Å². The Bertz CT molecular complexity index is 671. The van der Waals surface area contributed by atoms with E-state index in [1.807, 2.05) is 0 Å². The summed E-state index contributed by atoms with van der Waals surface area (Å²) in [5.41, 5.74) is 0. The van der Waals surface area contributed by atoms with Crippen LogP contribution in [0.25, 0.3) is 0 Å². The molecule has 0 aliphatic carbocycles. The zero-order valence-corrected chi connectivity index (χ0v) is 17.1. The van der Waals surface area contributed by atoms with E-state index in [1.54, 1.807) is 12.1 Å². The minimum absolute atomic E-state index is 0. The maximum absolute atomic E-state index is 12.0. The molecule has 0 bridgehead atoms. The van der Waals surface area contributed by atoms with Crippen molar-refractivity contribution in [3.05, 3.63) is 24.3 Å². The summed E-state index contributed by atoms with van der Waals surface area (Å²) in [6.07, 6.45) is 0.967. The molecule has 10 heteroatoms. The number of sulfonamides is 1. The molecule has 1 aliphatic heterocycles. The number of halogens is 1. The summed E-state index contributed by atoms with van der Waals surface area (Å²) in [5.74, 6) is 2.16. The first-order valence-electron chi connectivity index (χ1n) is 8.20. The van der Waals surface area contributed by atoms with Crippen LogP contribution in [0.1, 0.15) is 13.3 Å². The number of piperidine rings is 1. The SMILES string of the molecule is CC1CNCCC1NC(=O)CSCCOc1ccc(S(N)(=O)=O)cc1.Cl. The molecule has 0 radical (unpaired) electrons. The van der Waals surface area contributed by atoms with Crippen LogP contribution >= 0.6 is 24.2 Å². The lowest BCUT2D eigenvalue weighted by Crippen LogP contribution is -2.48. The van der Waals surface area contributed by atoms with Gasteiger partial charge in [-0.05, 0) is 49.7 Å². The first-order valence-corrected chi connectivity index (χ1v) is 10.9. The van der Waals surface area contributed by atoms with E-state index in [2.05, 4.69) is 17.6 Å². The van der Waals surface area contributed by atoms with Gasteiger partial charge in [-0.25, -0.2) is 13.6 Å². The van der Waals surface area contributed by atoms with E-state index in [0.29, 0.717) is 29.8 Å². The van der Waals surface area contributed by atoms with E-state index in [0.717, 1.165) is 19.5 Å². The Kier molecular flexibility index (Phi) is 9.73. The molecule has 1 aliphatic rings. The Hall–Kier alpha value is -1.00. The minimum atomic E-state index is -3.68. The molecular formula is C16H26ClN3O4S2. The molecule has 0 saturated carbocycles. The van der Waals surface area contributed by atoms with Crippen molar-refractivity contribution in [3.63, 3.8) is 0 Å². The van der Waals surface area contributed by atoms with Crippen molar-refractivity contribution >= 4 is 40.1 Å². The normalized spacial score (nSPS) is 20.1. The lowest BCUT2D eigenvalue weighted by molar-refractivity contribution is -0.119. The van der Waals surface area contributed by atoms with Gasteiger partial charge in [-0.2, -0.15) is 0 Å². The summed E-state index contributed by atoms with van der Waals surface area (Å²) in [6.45, 7) is 4.46. The summed E-state index contributed by atoms with van der Waals surface area (Å²) in [5, 5.41) is 11.4. The fraction of sp³-hybridized carbons (Fsp3) is 0.562. The largest absolute Gasteiger partial charge is 0.493 e. The Morgan fingerprint density at radius 1 is 1.38 bits per heavy atom. The number of nitrogens with two attached hydrogens (primary N) is 1. The number of ether oxygens (including phenoxy) is 1. The number of rotatable bonds is 8. The predicted molar refractivity (Wildman–Crippen MR) is 106 cm³/mol.